The number of benzene rings is 2. The number of nitrogens with zero attached hydrogens (tertiary/aromatic N) is 3. The van der Waals surface area contributed by atoms with Crippen LogP contribution in [0.5, 0.6) is 0 Å². The second-order valence-corrected chi connectivity index (χ2v) is 9.65. The Morgan fingerprint density at radius 1 is 0.676 bits per heavy atom. The molecule has 0 spiro atoms. The summed E-state index contributed by atoms with van der Waals surface area (Å²) < 4.78 is 2.02. The van der Waals surface area contributed by atoms with Gasteiger partial charge in [-0.05, 0) is 48.2 Å². The van der Waals surface area contributed by atoms with E-state index in [0.29, 0.717) is 10.3 Å². The molecule has 0 radical (unpaired) electrons. The number of carbonyl (C=O) groups is 2. The molecule has 9 heteroatoms. The Morgan fingerprint density at radius 3 is 1.56 bits per heavy atom. The van der Waals surface area contributed by atoms with Crippen molar-refractivity contribution in [2.24, 2.45) is 0 Å². The summed E-state index contributed by atoms with van der Waals surface area (Å²) in [5.74, 6) is -0.835. The van der Waals surface area contributed by atoms with Gasteiger partial charge >= 0.3 is 0 Å². The molecule has 0 atom stereocenters. The molecule has 0 aliphatic carbocycles. The van der Waals surface area contributed by atoms with Gasteiger partial charge in [0.2, 0.25) is 0 Å². The molecule has 0 bridgehead atoms. The Morgan fingerprint density at radius 2 is 1.12 bits per heavy atom. The van der Waals surface area contributed by atoms with Crippen LogP contribution in [0.15, 0.2) is 54.6 Å². The number of thiazole rings is 2. The molecular weight excluding hydrogens is 466 g/mol. The lowest BCUT2D eigenvalue weighted by Gasteiger charge is -2.04. The molecule has 7 nitrogen and oxygen atoms in total. The van der Waals surface area contributed by atoms with Gasteiger partial charge in [0.05, 0.1) is 20.4 Å². The van der Waals surface area contributed by atoms with E-state index in [2.05, 4.69) is 39.4 Å². The van der Waals surface area contributed by atoms with Crippen LogP contribution in [0, 0.1) is 0 Å². The third kappa shape index (κ3) is 4.27. The number of aromatic nitrogens is 3. The van der Waals surface area contributed by atoms with Crippen molar-refractivity contribution >= 4 is 65.2 Å². The molecular formula is C25H21N5O2S2. The molecule has 170 valence electrons. The van der Waals surface area contributed by atoms with Crippen molar-refractivity contribution in [1.29, 1.82) is 0 Å². The fraction of sp³-hybridized carbons (Fsp3) is 0.160. The van der Waals surface area contributed by atoms with Crippen molar-refractivity contribution in [3.8, 4) is 0 Å². The van der Waals surface area contributed by atoms with Gasteiger partial charge in [0.25, 0.3) is 11.8 Å². The minimum atomic E-state index is -0.417. The Balaban J connectivity index is 1.34. The van der Waals surface area contributed by atoms with E-state index in [1.165, 1.54) is 22.7 Å². The topological polar surface area (TPSA) is 96.9 Å². The van der Waals surface area contributed by atoms with Crippen LogP contribution in [0.2, 0.25) is 0 Å². The summed E-state index contributed by atoms with van der Waals surface area (Å²) in [6.07, 6.45) is 1.73. The number of hydrogen-bond acceptors (Lipinski definition) is 7. The quantitative estimate of drug-likeness (QED) is 0.309. The number of rotatable bonds is 6. The van der Waals surface area contributed by atoms with E-state index in [4.69, 9.17) is 0 Å². The molecule has 2 aromatic carbocycles. The number of anilines is 2. The van der Waals surface area contributed by atoms with Gasteiger partial charge in [-0.15, -0.1) is 0 Å². The van der Waals surface area contributed by atoms with E-state index < -0.39 is 11.8 Å². The standard InChI is InChI=1S/C25H21N5O2S2/c1-3-14-8-5-12-18-20(14)27-24(33-18)29-22(31)16-10-7-11-17(26-16)23(32)30-25-28-21-15(4-2)9-6-13-19(21)34-25/h5-13H,3-4H2,1-2H3,(H,27,29,31)(H,28,30,32). The molecule has 3 aromatic heterocycles. The number of pyridine rings is 1. The van der Waals surface area contributed by atoms with E-state index in [0.717, 1.165) is 44.4 Å². The predicted molar refractivity (Wildman–Crippen MR) is 138 cm³/mol. The third-order valence-electron chi connectivity index (χ3n) is 5.42. The van der Waals surface area contributed by atoms with Crippen molar-refractivity contribution in [3.05, 3.63) is 77.1 Å². The molecule has 2 N–H and O–H groups in total. The second-order valence-electron chi connectivity index (χ2n) is 7.59. The van der Waals surface area contributed by atoms with Crippen LogP contribution >= 0.6 is 22.7 Å². The summed E-state index contributed by atoms with van der Waals surface area (Å²) in [5.41, 5.74) is 4.33. The van der Waals surface area contributed by atoms with Gasteiger partial charge in [0, 0.05) is 0 Å². The summed E-state index contributed by atoms with van der Waals surface area (Å²) >= 11 is 2.82. The molecule has 0 saturated carbocycles. The third-order valence-corrected chi connectivity index (χ3v) is 7.29. The van der Waals surface area contributed by atoms with Crippen LogP contribution in [0.4, 0.5) is 10.3 Å². The fourth-order valence-electron chi connectivity index (χ4n) is 3.70. The molecule has 2 amide bonds. The predicted octanol–water partition coefficient (Wildman–Crippen LogP) is 5.93. The summed E-state index contributed by atoms with van der Waals surface area (Å²) in [6, 6.07) is 16.8. The first-order valence-corrected chi connectivity index (χ1v) is 12.6. The molecule has 0 aliphatic rings. The lowest BCUT2D eigenvalue weighted by atomic mass is 10.1. The van der Waals surface area contributed by atoms with E-state index >= 15 is 0 Å². The maximum Gasteiger partial charge on any atom is 0.276 e. The van der Waals surface area contributed by atoms with Crippen molar-refractivity contribution in [3.63, 3.8) is 0 Å². The number of aryl methyl sites for hydroxylation is 2. The number of amides is 2. The highest BCUT2D eigenvalue weighted by Crippen LogP contribution is 2.30. The summed E-state index contributed by atoms with van der Waals surface area (Å²) in [5, 5.41) is 6.62. The van der Waals surface area contributed by atoms with Crippen LogP contribution < -0.4 is 10.6 Å². The summed E-state index contributed by atoms with van der Waals surface area (Å²) in [4.78, 5) is 39.0. The number of hydrogen-bond donors (Lipinski definition) is 2. The maximum atomic E-state index is 12.8. The van der Waals surface area contributed by atoms with Crippen molar-refractivity contribution in [1.82, 2.24) is 15.0 Å². The second kappa shape index (κ2) is 9.28. The first-order chi connectivity index (χ1) is 16.6. The van der Waals surface area contributed by atoms with Crippen LogP contribution in [-0.2, 0) is 12.8 Å². The molecule has 34 heavy (non-hydrogen) atoms. The largest absolute Gasteiger partial charge is 0.296 e. The van der Waals surface area contributed by atoms with Gasteiger partial charge in [0.15, 0.2) is 10.3 Å². The number of para-hydroxylation sites is 2. The van der Waals surface area contributed by atoms with Crippen LogP contribution in [0.25, 0.3) is 20.4 Å². The lowest BCUT2D eigenvalue weighted by Crippen LogP contribution is -2.18. The highest BCUT2D eigenvalue weighted by atomic mass is 32.1. The zero-order valence-corrected chi connectivity index (χ0v) is 20.2. The SMILES string of the molecule is CCc1cccc2sc(NC(=O)c3cccc(C(=O)Nc4nc5c(CC)cccc5s4)n3)nc12. The van der Waals surface area contributed by atoms with Crippen molar-refractivity contribution < 1.29 is 9.59 Å². The Labute approximate surface area is 203 Å². The Hall–Kier alpha value is -3.69. The zero-order chi connectivity index (χ0) is 23.7. The minimum Gasteiger partial charge on any atom is -0.296 e. The molecule has 0 unspecified atom stereocenters. The van der Waals surface area contributed by atoms with E-state index in [9.17, 15) is 9.59 Å². The molecule has 0 aliphatic heterocycles. The van der Waals surface area contributed by atoms with Gasteiger partial charge in [-0.2, -0.15) is 0 Å². The van der Waals surface area contributed by atoms with Crippen molar-refractivity contribution in [2.45, 2.75) is 26.7 Å². The fourth-order valence-corrected chi connectivity index (χ4v) is 5.52. The van der Waals surface area contributed by atoms with Gasteiger partial charge in [0.1, 0.15) is 11.4 Å². The highest BCUT2D eigenvalue weighted by molar-refractivity contribution is 7.22. The van der Waals surface area contributed by atoms with Crippen molar-refractivity contribution in [2.75, 3.05) is 10.6 Å². The maximum absolute atomic E-state index is 12.8. The summed E-state index contributed by atoms with van der Waals surface area (Å²) in [7, 11) is 0. The Kier molecular flexibility index (Phi) is 6.04. The van der Waals surface area contributed by atoms with Gasteiger partial charge in [-0.3, -0.25) is 20.2 Å². The van der Waals surface area contributed by atoms with Crippen LogP contribution in [0.3, 0.4) is 0 Å². The normalized spacial score (nSPS) is 11.1. The number of fused-ring (bicyclic) bond motifs is 2. The van der Waals surface area contributed by atoms with E-state index in [1.54, 1.807) is 18.2 Å². The van der Waals surface area contributed by atoms with Crippen LogP contribution in [0.1, 0.15) is 46.0 Å². The molecule has 5 rings (SSSR count). The minimum absolute atomic E-state index is 0.139. The first kappa shape index (κ1) is 22.1. The Bertz CT molecular complexity index is 1430. The van der Waals surface area contributed by atoms with Gasteiger partial charge in [-0.1, -0.05) is 66.9 Å². The monoisotopic (exact) mass is 487 g/mol. The average Bonchev–Trinajstić information content (AvgIpc) is 3.46. The number of carbonyl (C=O) groups excluding carboxylic acids is 2. The summed E-state index contributed by atoms with van der Waals surface area (Å²) in [6.45, 7) is 4.15. The molecule has 3 heterocycles. The van der Waals surface area contributed by atoms with Gasteiger partial charge < -0.3 is 0 Å². The van der Waals surface area contributed by atoms with Gasteiger partial charge in [-0.25, -0.2) is 15.0 Å². The smallest absolute Gasteiger partial charge is 0.276 e. The van der Waals surface area contributed by atoms with E-state index in [1.807, 2.05) is 36.4 Å². The lowest BCUT2D eigenvalue weighted by molar-refractivity contribution is 0.101. The number of nitrogens with one attached hydrogen (secondary N) is 2. The first-order valence-electron chi connectivity index (χ1n) is 10.9. The molecule has 0 saturated heterocycles. The van der Waals surface area contributed by atoms with Crippen LogP contribution in [-0.4, -0.2) is 26.8 Å². The highest BCUT2D eigenvalue weighted by Gasteiger charge is 2.17. The zero-order valence-electron chi connectivity index (χ0n) is 18.6. The molecule has 0 fully saturated rings. The van der Waals surface area contributed by atoms with E-state index in [-0.39, 0.29) is 11.4 Å². The molecule has 5 aromatic rings. The average molecular weight is 488 g/mol.